The minimum absolute atomic E-state index is 0.0205. The van der Waals surface area contributed by atoms with Crippen LogP contribution in [0.5, 0.6) is 0 Å². The molecule has 1 atom stereocenters. The average molecular weight is 532 g/mol. The number of anilines is 1. The van der Waals surface area contributed by atoms with E-state index in [1.54, 1.807) is 25.1 Å². The first-order valence-corrected chi connectivity index (χ1v) is 13.7. The molecule has 0 saturated heterocycles. The lowest BCUT2D eigenvalue weighted by atomic mass is 9.87. The van der Waals surface area contributed by atoms with Crippen molar-refractivity contribution in [1.82, 2.24) is 10.3 Å². The molecule has 37 heavy (non-hydrogen) atoms. The van der Waals surface area contributed by atoms with Gasteiger partial charge in [-0.25, -0.2) is 13.4 Å². The maximum Gasteiger partial charge on any atom is 0.417 e. The van der Waals surface area contributed by atoms with Gasteiger partial charge in [0.1, 0.15) is 5.82 Å². The van der Waals surface area contributed by atoms with E-state index < -0.39 is 21.6 Å². The van der Waals surface area contributed by atoms with Gasteiger partial charge in [-0.2, -0.15) is 13.2 Å². The Morgan fingerprint density at radius 2 is 1.81 bits per heavy atom. The van der Waals surface area contributed by atoms with Crippen LogP contribution in [0.15, 0.2) is 65.7 Å². The maximum absolute atomic E-state index is 12.9. The van der Waals surface area contributed by atoms with E-state index >= 15 is 0 Å². The number of aromatic nitrogens is 1. The summed E-state index contributed by atoms with van der Waals surface area (Å²) >= 11 is 0. The Morgan fingerprint density at radius 3 is 2.41 bits per heavy atom. The van der Waals surface area contributed by atoms with E-state index in [0.29, 0.717) is 24.5 Å². The van der Waals surface area contributed by atoms with E-state index in [1.165, 1.54) is 18.2 Å². The summed E-state index contributed by atoms with van der Waals surface area (Å²) in [5.41, 5.74) is 2.51. The van der Waals surface area contributed by atoms with Crippen LogP contribution < -0.4 is 10.2 Å². The summed E-state index contributed by atoms with van der Waals surface area (Å²) in [6.07, 6.45) is -2.76. The molecule has 2 heterocycles. The first-order chi connectivity index (χ1) is 17.5. The Morgan fingerprint density at radius 1 is 1.08 bits per heavy atom. The third-order valence-corrected chi connectivity index (χ3v) is 8.41. The molecular formula is C27H28F3N3O3S. The van der Waals surface area contributed by atoms with E-state index in [2.05, 4.69) is 17.2 Å². The van der Waals surface area contributed by atoms with Gasteiger partial charge in [0.05, 0.1) is 16.2 Å². The van der Waals surface area contributed by atoms with Crippen LogP contribution in [0.4, 0.5) is 19.0 Å². The largest absolute Gasteiger partial charge is 0.417 e. The van der Waals surface area contributed by atoms with Crippen LogP contribution in [0.2, 0.25) is 0 Å². The van der Waals surface area contributed by atoms with Gasteiger partial charge in [-0.05, 0) is 59.5 Å². The lowest BCUT2D eigenvalue weighted by molar-refractivity contribution is -0.137. The second-order valence-electron chi connectivity index (χ2n) is 9.03. The zero-order valence-corrected chi connectivity index (χ0v) is 21.4. The number of halogens is 3. The Bertz CT molecular complexity index is 1370. The number of pyridine rings is 1. The molecule has 1 amide bonds. The summed E-state index contributed by atoms with van der Waals surface area (Å²) in [5, 5.41) is 2.86. The quantitative estimate of drug-likeness (QED) is 0.445. The summed E-state index contributed by atoms with van der Waals surface area (Å²) in [6, 6.07) is 14.4. The van der Waals surface area contributed by atoms with Gasteiger partial charge < -0.3 is 10.2 Å². The number of benzene rings is 2. The Labute approximate surface area is 214 Å². The first kappa shape index (κ1) is 26.7. The zero-order valence-electron chi connectivity index (χ0n) is 20.5. The van der Waals surface area contributed by atoms with Crippen molar-refractivity contribution in [3.05, 3.63) is 88.6 Å². The van der Waals surface area contributed by atoms with Crippen LogP contribution in [0.25, 0.3) is 0 Å². The number of nitrogens with zero attached hydrogens (tertiary/aromatic N) is 2. The number of carbonyl (C=O) groups is 1. The molecule has 0 radical (unpaired) electrons. The summed E-state index contributed by atoms with van der Waals surface area (Å²) in [4.78, 5) is 19.1. The number of fused-ring (bicyclic) bond motifs is 1. The highest BCUT2D eigenvalue weighted by atomic mass is 32.2. The van der Waals surface area contributed by atoms with Crippen LogP contribution in [0.3, 0.4) is 0 Å². The Hall–Kier alpha value is -3.40. The predicted octanol–water partition coefficient (Wildman–Crippen LogP) is 5.34. The van der Waals surface area contributed by atoms with Crippen molar-refractivity contribution >= 4 is 21.6 Å². The molecule has 10 heteroatoms. The third-order valence-electron chi connectivity index (χ3n) is 6.65. The topological polar surface area (TPSA) is 79.4 Å². The molecule has 6 nitrogen and oxygen atoms in total. The number of amides is 1. The number of hydrogen-bond acceptors (Lipinski definition) is 5. The lowest BCUT2D eigenvalue weighted by Gasteiger charge is -2.35. The van der Waals surface area contributed by atoms with Gasteiger partial charge in [0, 0.05) is 37.3 Å². The second kappa shape index (κ2) is 10.5. The van der Waals surface area contributed by atoms with Crippen molar-refractivity contribution in [2.45, 2.75) is 50.3 Å². The second-order valence-corrected chi connectivity index (χ2v) is 11.3. The molecule has 3 aromatic rings. The van der Waals surface area contributed by atoms with Gasteiger partial charge in [-0.15, -0.1) is 0 Å². The molecule has 1 aliphatic heterocycles. The Balaban J connectivity index is 1.48. The van der Waals surface area contributed by atoms with Crippen LogP contribution >= 0.6 is 0 Å². The van der Waals surface area contributed by atoms with Gasteiger partial charge in [0.25, 0.3) is 5.91 Å². The molecule has 2 aromatic carbocycles. The standard InChI is InChI=1S/C27H28F3N3O3S/c1-3-19-16-33(25-12-8-22(15-31-25)27(28,29)30)17-21-13-20(7-11-24(19)21)26(34)32-14-18-5-9-23(10-6-18)37(35,36)4-2/h5-13,15,19H,3-4,14,16-17H2,1-2H3,(H,32,34)/t19-/m1/s1. The zero-order chi connectivity index (χ0) is 26.8. The van der Waals surface area contributed by atoms with Crippen LogP contribution in [0, 0.1) is 0 Å². The molecule has 0 bridgehead atoms. The van der Waals surface area contributed by atoms with E-state index in [9.17, 15) is 26.4 Å². The van der Waals surface area contributed by atoms with Crippen molar-refractivity contribution in [1.29, 1.82) is 0 Å². The monoisotopic (exact) mass is 531 g/mol. The van der Waals surface area contributed by atoms with Crippen molar-refractivity contribution in [2.75, 3.05) is 17.2 Å². The van der Waals surface area contributed by atoms with Gasteiger partial charge >= 0.3 is 6.18 Å². The molecule has 4 rings (SSSR count). The SMILES string of the molecule is CC[C@@H]1CN(c2ccc(C(F)(F)F)cn2)Cc2cc(C(=O)NCc3ccc(S(=O)(=O)CC)cc3)ccc21. The van der Waals surface area contributed by atoms with Crippen molar-refractivity contribution < 1.29 is 26.4 Å². The number of sulfone groups is 1. The van der Waals surface area contributed by atoms with E-state index in [0.717, 1.165) is 35.4 Å². The summed E-state index contributed by atoms with van der Waals surface area (Å²) in [7, 11) is -3.28. The predicted molar refractivity (Wildman–Crippen MR) is 135 cm³/mol. The Kier molecular flexibility index (Phi) is 7.59. The van der Waals surface area contributed by atoms with Gasteiger partial charge in [0.2, 0.25) is 0 Å². The van der Waals surface area contributed by atoms with Crippen molar-refractivity contribution in [2.24, 2.45) is 0 Å². The number of hydrogen-bond donors (Lipinski definition) is 1. The molecule has 1 N–H and O–H groups in total. The number of rotatable bonds is 7. The summed E-state index contributed by atoms with van der Waals surface area (Å²) in [5.74, 6) is 0.362. The third kappa shape index (κ3) is 5.95. The molecule has 0 saturated carbocycles. The highest BCUT2D eigenvalue weighted by molar-refractivity contribution is 7.91. The van der Waals surface area contributed by atoms with Gasteiger partial charge in [0.15, 0.2) is 9.84 Å². The maximum atomic E-state index is 12.9. The highest BCUT2D eigenvalue weighted by Gasteiger charge is 2.31. The minimum Gasteiger partial charge on any atom is -0.352 e. The lowest BCUT2D eigenvalue weighted by Crippen LogP contribution is -2.34. The number of nitrogens with one attached hydrogen (secondary N) is 1. The fourth-order valence-corrected chi connectivity index (χ4v) is 5.33. The molecule has 1 aliphatic rings. The van der Waals surface area contributed by atoms with E-state index in [1.807, 2.05) is 17.0 Å². The van der Waals surface area contributed by atoms with Crippen molar-refractivity contribution in [3.8, 4) is 0 Å². The summed E-state index contributed by atoms with van der Waals surface area (Å²) < 4.78 is 62.7. The average Bonchev–Trinajstić information content (AvgIpc) is 2.90. The normalized spacial score (nSPS) is 15.8. The van der Waals surface area contributed by atoms with Crippen LogP contribution in [0.1, 0.15) is 58.8 Å². The smallest absolute Gasteiger partial charge is 0.352 e. The number of carbonyl (C=O) groups excluding carboxylic acids is 1. The fraction of sp³-hybridized carbons (Fsp3) is 0.333. The molecular weight excluding hydrogens is 503 g/mol. The molecule has 0 fully saturated rings. The minimum atomic E-state index is -4.44. The van der Waals surface area contributed by atoms with Crippen LogP contribution in [-0.4, -0.2) is 31.6 Å². The highest BCUT2D eigenvalue weighted by Crippen LogP contribution is 2.34. The van der Waals surface area contributed by atoms with Crippen LogP contribution in [-0.2, 0) is 29.1 Å². The van der Waals surface area contributed by atoms with Gasteiger partial charge in [-0.3, -0.25) is 4.79 Å². The first-order valence-electron chi connectivity index (χ1n) is 12.0. The van der Waals surface area contributed by atoms with E-state index in [-0.39, 0.29) is 29.0 Å². The van der Waals surface area contributed by atoms with E-state index in [4.69, 9.17) is 0 Å². The summed E-state index contributed by atoms with van der Waals surface area (Å²) in [6.45, 7) is 4.93. The molecule has 1 aromatic heterocycles. The molecule has 0 spiro atoms. The molecule has 0 unspecified atom stereocenters. The number of alkyl halides is 3. The van der Waals surface area contributed by atoms with Gasteiger partial charge in [-0.1, -0.05) is 32.0 Å². The fourth-order valence-electron chi connectivity index (χ4n) is 4.45. The van der Waals surface area contributed by atoms with Crippen molar-refractivity contribution in [3.63, 3.8) is 0 Å². The molecule has 0 aliphatic carbocycles. The molecule has 196 valence electrons.